The number of carboxylic acid groups (broad SMARTS) is 1. The van der Waals surface area contributed by atoms with Crippen LogP contribution in [0.1, 0.15) is 5.56 Å². The molecule has 0 atom stereocenters. The van der Waals surface area contributed by atoms with Crippen molar-refractivity contribution in [2.75, 3.05) is 0 Å². The van der Waals surface area contributed by atoms with Gasteiger partial charge < -0.3 is 10.4 Å². The van der Waals surface area contributed by atoms with Crippen LogP contribution < -0.4 is 5.32 Å². The van der Waals surface area contributed by atoms with Gasteiger partial charge >= 0.3 is 6.09 Å². The number of hydrogen-bond donors (Lipinski definition) is 2. The van der Waals surface area contributed by atoms with E-state index < -0.39 is 6.09 Å². The molecule has 0 radical (unpaired) electrons. The van der Waals surface area contributed by atoms with Crippen molar-refractivity contribution < 1.29 is 9.90 Å². The Morgan fingerprint density at radius 1 is 1.50 bits per heavy atom. The van der Waals surface area contributed by atoms with Gasteiger partial charge in [-0.1, -0.05) is 0 Å². The Kier molecular flexibility index (Phi) is 4.79. The highest BCUT2D eigenvalue weighted by Gasteiger charge is 1.93. The summed E-state index contributed by atoms with van der Waals surface area (Å²) in [6.07, 6.45) is 2.24. The van der Waals surface area contributed by atoms with Gasteiger partial charge in [0.15, 0.2) is 0 Å². The average molecular weight is 189 g/mol. The Labute approximate surface area is 76.0 Å². The SMILES string of the molecule is Cl.O=C(O)NCc1ccncc1. The fourth-order valence-electron chi connectivity index (χ4n) is 0.678. The van der Waals surface area contributed by atoms with E-state index in [0.29, 0.717) is 6.54 Å². The number of rotatable bonds is 2. The summed E-state index contributed by atoms with van der Waals surface area (Å²) < 4.78 is 0. The van der Waals surface area contributed by atoms with Gasteiger partial charge in [-0.05, 0) is 17.7 Å². The Bertz CT molecular complexity index is 240. The number of hydrogen-bond acceptors (Lipinski definition) is 2. The van der Waals surface area contributed by atoms with Crippen molar-refractivity contribution in [3.05, 3.63) is 30.1 Å². The zero-order chi connectivity index (χ0) is 8.10. The molecule has 0 fully saturated rings. The molecule has 0 unspecified atom stereocenters. The topological polar surface area (TPSA) is 62.2 Å². The van der Waals surface area contributed by atoms with Crippen molar-refractivity contribution in [1.29, 1.82) is 0 Å². The van der Waals surface area contributed by atoms with Gasteiger partial charge in [-0.15, -0.1) is 12.4 Å². The van der Waals surface area contributed by atoms with Crippen LogP contribution in [0.25, 0.3) is 0 Å². The second-order valence-corrected chi connectivity index (χ2v) is 2.01. The van der Waals surface area contributed by atoms with Crippen molar-refractivity contribution in [2.45, 2.75) is 6.54 Å². The van der Waals surface area contributed by atoms with Crippen molar-refractivity contribution in [3.8, 4) is 0 Å². The molecule has 0 aliphatic carbocycles. The molecule has 0 bridgehead atoms. The van der Waals surface area contributed by atoms with Crippen LogP contribution in [0, 0.1) is 0 Å². The molecule has 66 valence electrons. The number of nitrogens with zero attached hydrogens (tertiary/aromatic N) is 1. The van der Waals surface area contributed by atoms with Crippen molar-refractivity contribution in [2.24, 2.45) is 0 Å². The number of halogens is 1. The lowest BCUT2D eigenvalue weighted by molar-refractivity contribution is 0.194. The van der Waals surface area contributed by atoms with Crippen LogP contribution in [0.5, 0.6) is 0 Å². The second kappa shape index (κ2) is 5.37. The molecular formula is C7H9ClN2O2. The molecule has 0 saturated heterocycles. The normalized spacial score (nSPS) is 8.33. The van der Waals surface area contributed by atoms with Gasteiger partial charge in [0.1, 0.15) is 0 Å². The summed E-state index contributed by atoms with van der Waals surface area (Å²) in [6, 6.07) is 3.52. The largest absolute Gasteiger partial charge is 0.465 e. The Morgan fingerprint density at radius 2 is 2.08 bits per heavy atom. The fourth-order valence-corrected chi connectivity index (χ4v) is 0.678. The van der Waals surface area contributed by atoms with Gasteiger partial charge in [0.05, 0.1) is 0 Å². The lowest BCUT2D eigenvalue weighted by atomic mass is 10.3. The highest BCUT2D eigenvalue weighted by atomic mass is 35.5. The fraction of sp³-hybridized carbons (Fsp3) is 0.143. The van der Waals surface area contributed by atoms with E-state index >= 15 is 0 Å². The third kappa shape index (κ3) is 3.78. The van der Waals surface area contributed by atoms with Crippen LogP contribution in [-0.2, 0) is 6.54 Å². The van der Waals surface area contributed by atoms with E-state index in [1.54, 1.807) is 24.5 Å². The summed E-state index contributed by atoms with van der Waals surface area (Å²) in [5.74, 6) is 0. The summed E-state index contributed by atoms with van der Waals surface area (Å²) in [4.78, 5) is 13.8. The summed E-state index contributed by atoms with van der Waals surface area (Å²) in [5.41, 5.74) is 0.905. The van der Waals surface area contributed by atoms with E-state index in [1.807, 2.05) is 0 Å². The quantitative estimate of drug-likeness (QED) is 0.735. The Balaban J connectivity index is 0.00000121. The molecule has 1 rings (SSSR count). The highest BCUT2D eigenvalue weighted by Crippen LogP contribution is 1.93. The lowest BCUT2D eigenvalue weighted by Gasteiger charge is -1.98. The smallest absolute Gasteiger partial charge is 0.404 e. The molecule has 1 aromatic heterocycles. The standard InChI is InChI=1S/C7H8N2O2.ClH/c10-7(11)9-5-6-1-3-8-4-2-6;/h1-4,9H,5H2,(H,10,11);1H. The van der Waals surface area contributed by atoms with Gasteiger partial charge in [-0.2, -0.15) is 0 Å². The maximum absolute atomic E-state index is 10.0. The first-order valence-corrected chi connectivity index (χ1v) is 3.15. The molecule has 4 nitrogen and oxygen atoms in total. The van der Waals surface area contributed by atoms with Crippen LogP contribution in [0.3, 0.4) is 0 Å². The molecule has 0 aliphatic heterocycles. The molecule has 12 heavy (non-hydrogen) atoms. The summed E-state index contributed by atoms with van der Waals surface area (Å²) in [7, 11) is 0. The van der Waals surface area contributed by atoms with Gasteiger partial charge in [-0.25, -0.2) is 4.79 Å². The Hall–Kier alpha value is -1.29. The summed E-state index contributed by atoms with van der Waals surface area (Å²) in [6.45, 7) is 0.331. The minimum Gasteiger partial charge on any atom is -0.465 e. The van der Waals surface area contributed by atoms with E-state index in [1.165, 1.54) is 0 Å². The van der Waals surface area contributed by atoms with Crippen molar-refractivity contribution in [3.63, 3.8) is 0 Å². The van der Waals surface area contributed by atoms with Crippen LogP contribution in [0.15, 0.2) is 24.5 Å². The molecule has 0 aromatic carbocycles. The van der Waals surface area contributed by atoms with Gasteiger partial charge in [-0.3, -0.25) is 4.98 Å². The van der Waals surface area contributed by atoms with E-state index in [9.17, 15) is 4.79 Å². The minimum absolute atomic E-state index is 0. The zero-order valence-corrected chi connectivity index (χ0v) is 7.04. The molecule has 0 spiro atoms. The van der Waals surface area contributed by atoms with Crippen LogP contribution >= 0.6 is 12.4 Å². The van der Waals surface area contributed by atoms with Gasteiger partial charge in [0.2, 0.25) is 0 Å². The summed E-state index contributed by atoms with van der Waals surface area (Å²) in [5, 5.41) is 10.5. The van der Waals surface area contributed by atoms with E-state index in [4.69, 9.17) is 5.11 Å². The third-order valence-corrected chi connectivity index (χ3v) is 1.19. The lowest BCUT2D eigenvalue weighted by Crippen LogP contribution is -2.19. The van der Waals surface area contributed by atoms with Gasteiger partial charge in [0.25, 0.3) is 0 Å². The average Bonchev–Trinajstić information content (AvgIpc) is 2.03. The monoisotopic (exact) mass is 188 g/mol. The second-order valence-electron chi connectivity index (χ2n) is 2.01. The predicted molar refractivity (Wildman–Crippen MR) is 46.3 cm³/mol. The van der Waals surface area contributed by atoms with Crippen molar-refractivity contribution in [1.82, 2.24) is 10.3 Å². The molecule has 2 N–H and O–H groups in total. The summed E-state index contributed by atoms with van der Waals surface area (Å²) >= 11 is 0. The van der Waals surface area contributed by atoms with Crippen LogP contribution in [-0.4, -0.2) is 16.2 Å². The number of nitrogens with one attached hydrogen (secondary N) is 1. The number of aromatic nitrogens is 1. The molecule has 1 aromatic rings. The van der Waals surface area contributed by atoms with Gasteiger partial charge in [0, 0.05) is 18.9 Å². The predicted octanol–water partition coefficient (Wildman–Crippen LogP) is 1.27. The van der Waals surface area contributed by atoms with Crippen molar-refractivity contribution >= 4 is 18.5 Å². The van der Waals surface area contributed by atoms with Crippen LogP contribution in [0.2, 0.25) is 0 Å². The zero-order valence-electron chi connectivity index (χ0n) is 6.23. The maximum atomic E-state index is 10.0. The van der Waals surface area contributed by atoms with Crippen LogP contribution in [0.4, 0.5) is 4.79 Å². The number of pyridine rings is 1. The molecule has 5 heteroatoms. The first kappa shape index (κ1) is 10.7. The molecule has 0 saturated carbocycles. The Morgan fingerprint density at radius 3 is 2.58 bits per heavy atom. The van der Waals surface area contributed by atoms with E-state index in [0.717, 1.165) is 5.56 Å². The molecule has 1 heterocycles. The van der Waals surface area contributed by atoms with E-state index in [2.05, 4.69) is 10.3 Å². The minimum atomic E-state index is -1.01. The molecular weight excluding hydrogens is 180 g/mol. The maximum Gasteiger partial charge on any atom is 0.404 e. The highest BCUT2D eigenvalue weighted by molar-refractivity contribution is 5.85. The first-order valence-electron chi connectivity index (χ1n) is 3.15. The van der Waals surface area contributed by atoms with E-state index in [-0.39, 0.29) is 12.4 Å². The number of amides is 1. The molecule has 0 aliphatic rings. The molecule has 1 amide bonds. The first-order chi connectivity index (χ1) is 5.29. The third-order valence-electron chi connectivity index (χ3n) is 1.19. The number of carbonyl (C=O) groups is 1.